The second-order valence-corrected chi connectivity index (χ2v) is 6.23. The van der Waals surface area contributed by atoms with Crippen LogP contribution in [0.25, 0.3) is 0 Å². The molecule has 0 bridgehead atoms. The number of hydrogen-bond acceptors (Lipinski definition) is 1. The van der Waals surface area contributed by atoms with Crippen molar-refractivity contribution in [1.29, 1.82) is 0 Å². The average Bonchev–Trinajstić information content (AvgIpc) is 2.40. The molecule has 0 heterocycles. The van der Waals surface area contributed by atoms with E-state index in [-0.39, 0.29) is 6.04 Å². The summed E-state index contributed by atoms with van der Waals surface area (Å²) in [7, 11) is 0. The molecular weight excluding hydrogens is 392 g/mol. The van der Waals surface area contributed by atoms with Crippen molar-refractivity contribution in [3.05, 3.63) is 68.1 Å². The summed E-state index contributed by atoms with van der Waals surface area (Å²) in [5.41, 5.74) is 1.54. The number of nitrogens with one attached hydrogen (secondary N) is 1. The van der Waals surface area contributed by atoms with E-state index >= 15 is 0 Å². The van der Waals surface area contributed by atoms with Gasteiger partial charge in [-0.1, -0.05) is 12.1 Å². The highest BCUT2D eigenvalue weighted by Crippen LogP contribution is 2.24. The quantitative estimate of drug-likeness (QED) is 0.725. The number of rotatable bonds is 4. The Labute approximate surface area is 133 Å². The molecule has 5 heteroatoms. The molecule has 0 fully saturated rings. The van der Waals surface area contributed by atoms with Gasteiger partial charge in [-0.25, -0.2) is 8.78 Å². The van der Waals surface area contributed by atoms with Crippen molar-refractivity contribution in [3.63, 3.8) is 0 Å². The lowest BCUT2D eigenvalue weighted by atomic mass is 10.1. The first-order valence-corrected chi connectivity index (χ1v) is 7.68. The highest BCUT2D eigenvalue weighted by Gasteiger charge is 2.11. The fourth-order valence-corrected chi connectivity index (χ4v) is 2.56. The molecule has 1 atom stereocenters. The molecule has 0 aliphatic rings. The molecular formula is C15H13Br2F2N. The minimum Gasteiger partial charge on any atom is -0.306 e. The van der Waals surface area contributed by atoms with Gasteiger partial charge in [0.25, 0.3) is 0 Å². The zero-order valence-electron chi connectivity index (χ0n) is 10.8. The highest BCUT2D eigenvalue weighted by atomic mass is 79.9. The summed E-state index contributed by atoms with van der Waals surface area (Å²) in [5.74, 6) is -1.09. The minimum absolute atomic E-state index is 0.196. The van der Waals surface area contributed by atoms with E-state index in [1.807, 2.05) is 25.1 Å². The molecule has 0 saturated carbocycles. The SMILES string of the molecule is CC(NCc1ccc(Br)c(Br)c1)c1ccc(F)cc1F. The van der Waals surface area contributed by atoms with Crippen LogP contribution in [-0.4, -0.2) is 0 Å². The maximum Gasteiger partial charge on any atom is 0.130 e. The Morgan fingerprint density at radius 3 is 2.45 bits per heavy atom. The third-order valence-corrected chi connectivity index (χ3v) is 4.91. The fraction of sp³-hybridized carbons (Fsp3) is 0.200. The summed E-state index contributed by atoms with van der Waals surface area (Å²) in [4.78, 5) is 0. The van der Waals surface area contributed by atoms with E-state index < -0.39 is 11.6 Å². The Morgan fingerprint density at radius 2 is 1.80 bits per heavy atom. The summed E-state index contributed by atoms with van der Waals surface area (Å²) in [6.45, 7) is 2.45. The Morgan fingerprint density at radius 1 is 1.05 bits per heavy atom. The standard InChI is InChI=1S/C15H13Br2F2N/c1-9(12-4-3-11(18)7-15(12)19)20-8-10-2-5-13(16)14(17)6-10/h2-7,9,20H,8H2,1H3. The number of hydrogen-bond donors (Lipinski definition) is 1. The molecule has 2 aromatic carbocycles. The molecule has 1 nitrogen and oxygen atoms in total. The summed E-state index contributed by atoms with van der Waals surface area (Å²) >= 11 is 6.85. The summed E-state index contributed by atoms with van der Waals surface area (Å²) in [6.07, 6.45) is 0. The number of halogens is 4. The van der Waals surface area contributed by atoms with Gasteiger partial charge in [0.1, 0.15) is 11.6 Å². The van der Waals surface area contributed by atoms with Gasteiger partial charge in [-0.2, -0.15) is 0 Å². The van der Waals surface area contributed by atoms with Gasteiger partial charge in [0.05, 0.1) is 0 Å². The van der Waals surface area contributed by atoms with E-state index in [0.717, 1.165) is 20.6 Å². The molecule has 0 radical (unpaired) electrons. The molecule has 0 amide bonds. The predicted molar refractivity (Wildman–Crippen MR) is 83.5 cm³/mol. The van der Waals surface area contributed by atoms with Crippen LogP contribution < -0.4 is 5.32 Å². The Hall–Kier alpha value is -0.780. The summed E-state index contributed by atoms with van der Waals surface area (Å²) in [5, 5.41) is 3.22. The predicted octanol–water partition coefficient (Wildman–Crippen LogP) is 5.34. The van der Waals surface area contributed by atoms with E-state index in [9.17, 15) is 8.78 Å². The lowest BCUT2D eigenvalue weighted by Crippen LogP contribution is -2.19. The van der Waals surface area contributed by atoms with Gasteiger partial charge in [-0.15, -0.1) is 0 Å². The van der Waals surface area contributed by atoms with Gasteiger partial charge in [0.2, 0.25) is 0 Å². The maximum absolute atomic E-state index is 13.6. The van der Waals surface area contributed by atoms with Crippen LogP contribution in [0, 0.1) is 11.6 Å². The molecule has 1 N–H and O–H groups in total. The second-order valence-electron chi connectivity index (χ2n) is 4.52. The van der Waals surface area contributed by atoms with Crippen molar-refractivity contribution in [2.75, 3.05) is 0 Å². The topological polar surface area (TPSA) is 12.0 Å². The van der Waals surface area contributed by atoms with Gasteiger partial charge in [-0.3, -0.25) is 0 Å². The molecule has 0 spiro atoms. The van der Waals surface area contributed by atoms with Crippen LogP contribution in [0.3, 0.4) is 0 Å². The first-order valence-electron chi connectivity index (χ1n) is 6.09. The van der Waals surface area contributed by atoms with Gasteiger partial charge < -0.3 is 5.32 Å². The van der Waals surface area contributed by atoms with Crippen molar-refractivity contribution in [3.8, 4) is 0 Å². The molecule has 0 aliphatic carbocycles. The first-order chi connectivity index (χ1) is 9.47. The second kappa shape index (κ2) is 6.78. The van der Waals surface area contributed by atoms with Crippen LogP contribution in [0.4, 0.5) is 8.78 Å². The minimum atomic E-state index is -0.560. The smallest absolute Gasteiger partial charge is 0.130 e. The maximum atomic E-state index is 13.6. The normalized spacial score (nSPS) is 12.4. The molecule has 2 rings (SSSR count). The third-order valence-electron chi connectivity index (χ3n) is 3.03. The molecule has 0 saturated heterocycles. The van der Waals surface area contributed by atoms with Crippen molar-refractivity contribution in [2.45, 2.75) is 19.5 Å². The van der Waals surface area contributed by atoms with E-state index in [2.05, 4.69) is 37.2 Å². The zero-order chi connectivity index (χ0) is 14.7. The lowest BCUT2D eigenvalue weighted by Gasteiger charge is -2.15. The van der Waals surface area contributed by atoms with Crippen LogP contribution in [0.15, 0.2) is 45.3 Å². The first kappa shape index (κ1) is 15.6. The lowest BCUT2D eigenvalue weighted by molar-refractivity contribution is 0.517. The van der Waals surface area contributed by atoms with Crippen LogP contribution in [0.2, 0.25) is 0 Å². The Balaban J connectivity index is 2.04. The summed E-state index contributed by atoms with van der Waals surface area (Å²) in [6, 6.07) is 9.37. The molecule has 1 unspecified atom stereocenters. The van der Waals surface area contributed by atoms with E-state index in [4.69, 9.17) is 0 Å². The Bertz CT molecular complexity index is 617. The molecule has 2 aromatic rings. The molecule has 20 heavy (non-hydrogen) atoms. The number of benzene rings is 2. The fourth-order valence-electron chi connectivity index (χ4n) is 1.88. The third kappa shape index (κ3) is 3.87. The van der Waals surface area contributed by atoms with E-state index in [0.29, 0.717) is 12.1 Å². The zero-order valence-corrected chi connectivity index (χ0v) is 13.9. The van der Waals surface area contributed by atoms with Gasteiger partial charge in [-0.05, 0) is 62.5 Å². The van der Waals surface area contributed by atoms with Gasteiger partial charge in [0.15, 0.2) is 0 Å². The monoisotopic (exact) mass is 403 g/mol. The van der Waals surface area contributed by atoms with E-state index in [1.165, 1.54) is 12.1 Å². The average molecular weight is 405 g/mol. The molecule has 0 aliphatic heterocycles. The van der Waals surface area contributed by atoms with Gasteiger partial charge in [0, 0.05) is 33.2 Å². The Kier molecular flexibility index (Phi) is 5.29. The van der Waals surface area contributed by atoms with Crippen LogP contribution in [0.1, 0.15) is 24.1 Å². The van der Waals surface area contributed by atoms with Crippen molar-refractivity contribution < 1.29 is 8.78 Å². The van der Waals surface area contributed by atoms with Crippen molar-refractivity contribution in [1.82, 2.24) is 5.32 Å². The van der Waals surface area contributed by atoms with Crippen molar-refractivity contribution >= 4 is 31.9 Å². The van der Waals surface area contributed by atoms with Gasteiger partial charge >= 0.3 is 0 Å². The van der Waals surface area contributed by atoms with Crippen LogP contribution in [0.5, 0.6) is 0 Å². The molecule has 106 valence electrons. The summed E-state index contributed by atoms with van der Waals surface area (Å²) < 4.78 is 28.5. The highest BCUT2D eigenvalue weighted by molar-refractivity contribution is 9.13. The molecule has 0 aromatic heterocycles. The van der Waals surface area contributed by atoms with Crippen LogP contribution >= 0.6 is 31.9 Å². The largest absolute Gasteiger partial charge is 0.306 e. The van der Waals surface area contributed by atoms with Crippen molar-refractivity contribution in [2.24, 2.45) is 0 Å². The van der Waals surface area contributed by atoms with E-state index in [1.54, 1.807) is 0 Å². The van der Waals surface area contributed by atoms with Crippen LogP contribution in [-0.2, 0) is 6.54 Å².